The van der Waals surface area contributed by atoms with E-state index >= 15 is 0 Å². The number of anilines is 1. The molecule has 5 rings (SSSR count). The van der Waals surface area contributed by atoms with Gasteiger partial charge in [0.2, 0.25) is 0 Å². The molecule has 0 amide bonds. The van der Waals surface area contributed by atoms with Crippen LogP contribution in [0.5, 0.6) is 0 Å². The molecular formula is C30H42FN3O4. The lowest BCUT2D eigenvalue weighted by atomic mass is 9.67. The number of aromatic nitrogens is 1. The number of carboxylic acid groups (broad SMARTS) is 1. The molecule has 0 aromatic carbocycles. The zero-order chi connectivity index (χ0) is 26.5. The summed E-state index contributed by atoms with van der Waals surface area (Å²) < 4.78 is 26.8. The molecule has 4 aliphatic rings. The van der Waals surface area contributed by atoms with Crippen LogP contribution in [0, 0.1) is 5.41 Å². The maximum Gasteiger partial charge on any atom is 0.325 e. The minimum Gasteiger partial charge on any atom is -0.480 e. The van der Waals surface area contributed by atoms with Crippen molar-refractivity contribution in [3.63, 3.8) is 0 Å². The van der Waals surface area contributed by atoms with Gasteiger partial charge in [-0.1, -0.05) is 13.0 Å². The third-order valence-electron chi connectivity index (χ3n) is 8.93. The molecule has 2 fully saturated rings. The van der Waals surface area contributed by atoms with Crippen LogP contribution in [0.3, 0.4) is 0 Å². The highest BCUT2D eigenvalue weighted by Gasteiger charge is 2.47. The molecule has 0 saturated carbocycles. The fraction of sp³-hybridized carbons (Fsp3) is 0.667. The lowest BCUT2D eigenvalue weighted by Gasteiger charge is -2.45. The number of aryl methyl sites for hydroxylation is 1. The van der Waals surface area contributed by atoms with Crippen LogP contribution < -0.4 is 5.32 Å². The molecule has 4 heterocycles. The van der Waals surface area contributed by atoms with E-state index in [0.29, 0.717) is 44.3 Å². The fourth-order valence-electron chi connectivity index (χ4n) is 6.69. The molecule has 208 valence electrons. The van der Waals surface area contributed by atoms with Crippen LogP contribution in [-0.2, 0) is 20.7 Å². The predicted molar refractivity (Wildman–Crippen MR) is 145 cm³/mol. The van der Waals surface area contributed by atoms with Gasteiger partial charge in [-0.2, -0.15) is 0 Å². The van der Waals surface area contributed by atoms with Crippen molar-refractivity contribution in [2.75, 3.05) is 31.6 Å². The normalized spacial score (nSPS) is 30.6. The van der Waals surface area contributed by atoms with Gasteiger partial charge in [0.15, 0.2) is 0 Å². The Morgan fingerprint density at radius 2 is 2.24 bits per heavy atom. The summed E-state index contributed by atoms with van der Waals surface area (Å²) in [6.07, 6.45) is 14.3. The molecule has 1 aromatic heterocycles. The first-order chi connectivity index (χ1) is 18.4. The number of likely N-dealkylation sites (tertiary alicyclic amines) is 1. The van der Waals surface area contributed by atoms with Gasteiger partial charge in [0.05, 0.1) is 12.2 Å². The first kappa shape index (κ1) is 27.3. The van der Waals surface area contributed by atoms with Crippen molar-refractivity contribution in [1.29, 1.82) is 0 Å². The Labute approximate surface area is 225 Å². The highest BCUT2D eigenvalue weighted by atomic mass is 19.1. The standard InChI is InChI=1S/C30H42FN3O4/c1-30(26-9-3-5-18-38-26)14-12-22(31)19-25(30)27(29(35)36)34-16-13-24(20-34)37-17-4-2-8-23-11-10-21-7-6-15-32-28(21)33-23/h6-7,12,15,19,23-24,26-27H,2-5,8-11,13-14,16-18,20H2,1H3,(H,32,33)(H,35,36)/t23?,24-,26+,27+,30?/m1/s1. The topological polar surface area (TPSA) is 83.9 Å². The number of allylic oxidation sites excluding steroid dienone is 3. The second-order valence-corrected chi connectivity index (χ2v) is 11.6. The summed E-state index contributed by atoms with van der Waals surface area (Å²) >= 11 is 0. The van der Waals surface area contributed by atoms with Crippen LogP contribution in [0.15, 0.2) is 41.9 Å². The van der Waals surface area contributed by atoms with E-state index in [-0.39, 0.29) is 18.0 Å². The summed E-state index contributed by atoms with van der Waals surface area (Å²) in [6.45, 7) is 4.58. The molecule has 38 heavy (non-hydrogen) atoms. The summed E-state index contributed by atoms with van der Waals surface area (Å²) in [5.41, 5.74) is 1.40. The molecule has 0 spiro atoms. The summed E-state index contributed by atoms with van der Waals surface area (Å²) in [5.74, 6) is -0.253. The summed E-state index contributed by atoms with van der Waals surface area (Å²) in [6, 6.07) is 3.72. The van der Waals surface area contributed by atoms with Gasteiger partial charge < -0.3 is 19.9 Å². The lowest BCUT2D eigenvalue weighted by Crippen LogP contribution is -2.50. The average molecular weight is 528 g/mol. The van der Waals surface area contributed by atoms with Gasteiger partial charge in [0, 0.05) is 44.0 Å². The zero-order valence-electron chi connectivity index (χ0n) is 22.5. The number of hydrogen-bond acceptors (Lipinski definition) is 6. The molecule has 2 saturated heterocycles. The number of ether oxygens (including phenoxy) is 2. The molecule has 7 nitrogen and oxygen atoms in total. The number of aliphatic carboxylic acids is 1. The van der Waals surface area contributed by atoms with Gasteiger partial charge in [0.25, 0.3) is 0 Å². The van der Waals surface area contributed by atoms with Crippen LogP contribution >= 0.6 is 0 Å². The smallest absolute Gasteiger partial charge is 0.325 e. The van der Waals surface area contributed by atoms with Crippen molar-refractivity contribution in [1.82, 2.24) is 9.88 Å². The summed E-state index contributed by atoms with van der Waals surface area (Å²) in [4.78, 5) is 19.0. The molecule has 0 bridgehead atoms. The van der Waals surface area contributed by atoms with Gasteiger partial charge in [-0.3, -0.25) is 9.69 Å². The molecule has 0 radical (unpaired) electrons. The van der Waals surface area contributed by atoms with E-state index < -0.39 is 17.4 Å². The molecule has 3 aliphatic heterocycles. The number of halogens is 1. The lowest BCUT2D eigenvalue weighted by molar-refractivity contribution is -0.142. The Morgan fingerprint density at radius 1 is 1.34 bits per heavy atom. The van der Waals surface area contributed by atoms with Crippen LogP contribution in [0.2, 0.25) is 0 Å². The third kappa shape index (κ3) is 6.13. The van der Waals surface area contributed by atoms with Gasteiger partial charge in [-0.25, -0.2) is 9.37 Å². The number of carbonyl (C=O) groups is 1. The molecular weight excluding hydrogens is 485 g/mol. The number of fused-ring (bicyclic) bond motifs is 1. The van der Waals surface area contributed by atoms with Crippen LogP contribution in [0.25, 0.3) is 0 Å². The van der Waals surface area contributed by atoms with Crippen molar-refractivity contribution in [2.45, 2.75) is 95.4 Å². The molecule has 1 aliphatic carbocycles. The number of nitrogens with one attached hydrogen (secondary N) is 1. The van der Waals surface area contributed by atoms with E-state index in [2.05, 4.69) is 16.4 Å². The fourth-order valence-corrected chi connectivity index (χ4v) is 6.69. The number of carboxylic acids is 1. The van der Waals surface area contributed by atoms with Gasteiger partial charge in [-0.05, 0) is 93.6 Å². The van der Waals surface area contributed by atoms with E-state index in [1.807, 2.05) is 24.1 Å². The highest BCUT2D eigenvalue weighted by Crippen LogP contribution is 2.46. The second kappa shape index (κ2) is 12.3. The highest BCUT2D eigenvalue weighted by molar-refractivity contribution is 5.78. The van der Waals surface area contributed by atoms with E-state index in [1.165, 1.54) is 11.6 Å². The Kier molecular flexibility index (Phi) is 8.81. The molecule has 2 N–H and O–H groups in total. The largest absolute Gasteiger partial charge is 0.480 e. The molecule has 8 heteroatoms. The molecule has 1 aromatic rings. The first-order valence-corrected chi connectivity index (χ1v) is 14.4. The van der Waals surface area contributed by atoms with E-state index in [0.717, 1.165) is 63.6 Å². The Morgan fingerprint density at radius 3 is 3.05 bits per heavy atom. The summed E-state index contributed by atoms with van der Waals surface area (Å²) in [7, 11) is 0. The van der Waals surface area contributed by atoms with Gasteiger partial charge >= 0.3 is 5.97 Å². The Balaban J connectivity index is 1.12. The minimum absolute atomic E-state index is 0.00231. The zero-order valence-corrected chi connectivity index (χ0v) is 22.5. The van der Waals surface area contributed by atoms with Crippen LogP contribution in [-0.4, -0.2) is 71.6 Å². The second-order valence-electron chi connectivity index (χ2n) is 11.6. The van der Waals surface area contributed by atoms with Crippen molar-refractivity contribution in [2.24, 2.45) is 5.41 Å². The maximum absolute atomic E-state index is 14.5. The van der Waals surface area contributed by atoms with Crippen molar-refractivity contribution in [3.8, 4) is 0 Å². The van der Waals surface area contributed by atoms with Crippen LogP contribution in [0.4, 0.5) is 10.2 Å². The maximum atomic E-state index is 14.5. The predicted octanol–water partition coefficient (Wildman–Crippen LogP) is 5.28. The number of rotatable bonds is 10. The number of unbranched alkanes of at least 4 members (excludes halogenated alkanes) is 1. The van der Waals surface area contributed by atoms with Crippen molar-refractivity contribution in [3.05, 3.63) is 47.4 Å². The minimum atomic E-state index is -0.926. The van der Waals surface area contributed by atoms with E-state index in [1.54, 1.807) is 6.08 Å². The number of nitrogens with zero attached hydrogens (tertiary/aromatic N) is 2. The van der Waals surface area contributed by atoms with E-state index in [9.17, 15) is 14.3 Å². The quantitative estimate of drug-likeness (QED) is 0.401. The molecule has 5 atom stereocenters. The SMILES string of the molecule is CC1([C@@H]2CCCCO2)CC=C(F)C=C1[C@@H](C(=O)O)N1CC[C@@H](OCCCCC2CCc3cccnc3N2)C1. The Bertz CT molecular complexity index is 1040. The van der Waals surface area contributed by atoms with Crippen molar-refractivity contribution >= 4 is 11.8 Å². The van der Waals surface area contributed by atoms with Gasteiger partial charge in [0.1, 0.15) is 17.7 Å². The molecule has 2 unspecified atom stereocenters. The third-order valence-corrected chi connectivity index (χ3v) is 8.93. The van der Waals surface area contributed by atoms with Crippen molar-refractivity contribution < 1.29 is 23.8 Å². The summed E-state index contributed by atoms with van der Waals surface area (Å²) in [5, 5.41) is 13.9. The number of pyridine rings is 1. The Hall–Kier alpha value is -2.29. The average Bonchev–Trinajstić information content (AvgIpc) is 3.39. The van der Waals surface area contributed by atoms with E-state index in [4.69, 9.17) is 9.47 Å². The number of hydrogen-bond donors (Lipinski definition) is 2. The van der Waals surface area contributed by atoms with Crippen LogP contribution in [0.1, 0.15) is 70.3 Å². The monoisotopic (exact) mass is 527 g/mol. The first-order valence-electron chi connectivity index (χ1n) is 14.4. The van der Waals surface area contributed by atoms with Gasteiger partial charge in [-0.15, -0.1) is 0 Å².